The second-order valence-corrected chi connectivity index (χ2v) is 11.1. The van der Waals surface area contributed by atoms with Crippen LogP contribution in [0.3, 0.4) is 0 Å². The predicted molar refractivity (Wildman–Crippen MR) is 151 cm³/mol. The number of sulfonamides is 1. The number of pyridine rings is 1. The van der Waals surface area contributed by atoms with Crippen LogP contribution < -0.4 is 10.5 Å². The lowest BCUT2D eigenvalue weighted by Gasteiger charge is -2.12. The highest BCUT2D eigenvalue weighted by Crippen LogP contribution is 2.29. The minimum Gasteiger partial charge on any atom is -0.324 e. The van der Waals surface area contributed by atoms with E-state index in [0.717, 1.165) is 65.8 Å². The van der Waals surface area contributed by atoms with Crippen LogP contribution >= 0.6 is 0 Å². The Kier molecular flexibility index (Phi) is 8.58. The molecule has 0 spiro atoms. The average Bonchev–Trinajstić information content (AvgIpc) is 3.25. The van der Waals surface area contributed by atoms with Crippen molar-refractivity contribution in [3.05, 3.63) is 71.7 Å². The van der Waals surface area contributed by atoms with Crippen molar-refractivity contribution in [1.82, 2.24) is 14.5 Å². The van der Waals surface area contributed by atoms with Gasteiger partial charge in [-0.05, 0) is 37.0 Å². The summed E-state index contributed by atoms with van der Waals surface area (Å²) >= 11 is 0. The summed E-state index contributed by atoms with van der Waals surface area (Å²) in [4.78, 5) is 22.1. The van der Waals surface area contributed by atoms with E-state index >= 15 is 0 Å². The van der Waals surface area contributed by atoms with Crippen molar-refractivity contribution < 1.29 is 13.2 Å². The largest absolute Gasteiger partial charge is 0.324 e. The van der Waals surface area contributed by atoms with Crippen LogP contribution in [-0.2, 0) is 27.8 Å². The number of carbonyl (C=O) groups is 1. The first-order valence-corrected chi connectivity index (χ1v) is 14.6. The number of carbonyl (C=O) groups excluding carboxylic acids is 1. The van der Waals surface area contributed by atoms with Gasteiger partial charge in [0.25, 0.3) is 0 Å². The summed E-state index contributed by atoms with van der Waals surface area (Å²) in [5.41, 5.74) is 5.57. The highest BCUT2D eigenvalue weighted by atomic mass is 32.2. The van der Waals surface area contributed by atoms with E-state index in [1.165, 1.54) is 6.07 Å². The fourth-order valence-electron chi connectivity index (χ4n) is 4.52. The number of aromatic nitrogens is 3. The number of hydrogen-bond acceptors (Lipinski definition) is 5. The van der Waals surface area contributed by atoms with Gasteiger partial charge in [-0.1, -0.05) is 69.2 Å². The Balaban J connectivity index is 1.66. The first-order valence-electron chi connectivity index (χ1n) is 13.1. The van der Waals surface area contributed by atoms with Gasteiger partial charge in [0.1, 0.15) is 11.3 Å². The predicted octanol–water partition coefficient (Wildman–Crippen LogP) is 5.57. The van der Waals surface area contributed by atoms with Gasteiger partial charge < -0.3 is 9.88 Å². The smallest absolute Gasteiger partial charge is 0.238 e. The number of fused-ring (bicyclic) bond motifs is 1. The number of amides is 1. The Morgan fingerprint density at radius 1 is 1.03 bits per heavy atom. The molecule has 0 fully saturated rings. The Morgan fingerprint density at radius 2 is 1.74 bits per heavy atom. The molecule has 0 saturated heterocycles. The maximum absolute atomic E-state index is 12.3. The van der Waals surface area contributed by atoms with E-state index in [2.05, 4.69) is 23.7 Å². The Morgan fingerprint density at radius 3 is 2.42 bits per heavy atom. The zero-order valence-corrected chi connectivity index (χ0v) is 23.0. The summed E-state index contributed by atoms with van der Waals surface area (Å²) in [5.74, 6) is 0.946. The molecule has 2 aromatic heterocycles. The monoisotopic (exact) mass is 533 g/mol. The molecule has 4 rings (SSSR count). The summed E-state index contributed by atoms with van der Waals surface area (Å²) in [6, 6.07) is 14.5. The quantitative estimate of drug-likeness (QED) is 0.261. The zero-order valence-electron chi connectivity index (χ0n) is 22.2. The topological polar surface area (TPSA) is 120 Å². The zero-order chi connectivity index (χ0) is 27.3. The molecule has 0 bridgehead atoms. The van der Waals surface area contributed by atoms with Gasteiger partial charge in [0, 0.05) is 24.0 Å². The van der Waals surface area contributed by atoms with Crippen molar-refractivity contribution in [3.63, 3.8) is 0 Å². The molecule has 1 amide bonds. The molecule has 8 nitrogen and oxygen atoms in total. The number of aryl methyl sites for hydroxylation is 2. The van der Waals surface area contributed by atoms with Crippen LogP contribution in [0, 0.1) is 6.92 Å². The van der Waals surface area contributed by atoms with Crippen molar-refractivity contribution in [1.29, 1.82) is 0 Å². The maximum atomic E-state index is 12.3. The summed E-state index contributed by atoms with van der Waals surface area (Å²) in [6.45, 7) is 6.76. The molecule has 0 aliphatic rings. The molecule has 0 radical (unpaired) electrons. The van der Waals surface area contributed by atoms with Crippen LogP contribution in [0.1, 0.15) is 62.9 Å². The third kappa shape index (κ3) is 6.11. The molecule has 200 valence electrons. The number of anilines is 1. The van der Waals surface area contributed by atoms with E-state index in [-0.39, 0.29) is 10.8 Å². The van der Waals surface area contributed by atoms with Gasteiger partial charge in [-0.3, -0.25) is 4.79 Å². The lowest BCUT2D eigenvalue weighted by molar-refractivity contribution is -0.116. The summed E-state index contributed by atoms with van der Waals surface area (Å²) in [5, 5.41) is 8.42. The Bertz CT molecular complexity index is 1540. The molecule has 2 aromatic carbocycles. The van der Waals surface area contributed by atoms with Crippen LogP contribution in [0.4, 0.5) is 5.69 Å². The fourth-order valence-corrected chi connectivity index (χ4v) is 5.28. The normalized spacial score (nSPS) is 11.7. The molecule has 0 aliphatic carbocycles. The summed E-state index contributed by atoms with van der Waals surface area (Å²) < 4.78 is 26.2. The molecular formula is C29H35N5O3S. The molecule has 0 aliphatic heterocycles. The van der Waals surface area contributed by atoms with Crippen molar-refractivity contribution in [2.75, 3.05) is 5.32 Å². The summed E-state index contributed by atoms with van der Waals surface area (Å²) in [7, 11) is -3.84. The van der Waals surface area contributed by atoms with Crippen LogP contribution in [0.2, 0.25) is 0 Å². The SMILES string of the molecule is CCCCC(=O)Nc1cnc2c(nc(CCCC)n2Cc2ccc(-c3ccccc3S(N)(=O)=O)cc2)c1C. The number of imidazole rings is 1. The number of nitrogens with one attached hydrogen (secondary N) is 1. The fraction of sp³-hybridized carbons (Fsp3) is 0.345. The minimum absolute atomic E-state index is 0.00848. The third-order valence-electron chi connectivity index (χ3n) is 6.68. The molecule has 3 N–H and O–H groups in total. The number of nitrogens with zero attached hydrogens (tertiary/aromatic N) is 3. The standard InChI is InChI=1S/C29H35N5O3S/c1-4-6-12-26-33-28-20(3)24(32-27(35)13-7-5-2)18-31-29(28)34(26)19-21-14-16-22(17-15-21)23-10-8-9-11-25(23)38(30,36)37/h8-11,14-18H,4-7,12-13,19H2,1-3H3,(H,32,35)(H2,30,36,37). The highest BCUT2D eigenvalue weighted by Gasteiger charge is 2.18. The second kappa shape index (κ2) is 11.9. The number of hydrogen-bond donors (Lipinski definition) is 2. The lowest BCUT2D eigenvalue weighted by atomic mass is 10.0. The van der Waals surface area contributed by atoms with Gasteiger partial charge in [-0.2, -0.15) is 0 Å². The number of primary sulfonamides is 1. The van der Waals surface area contributed by atoms with Crippen molar-refractivity contribution >= 4 is 32.8 Å². The minimum atomic E-state index is -3.84. The molecule has 0 atom stereocenters. The van der Waals surface area contributed by atoms with E-state index in [1.807, 2.05) is 31.2 Å². The first-order chi connectivity index (χ1) is 18.2. The van der Waals surface area contributed by atoms with Crippen LogP contribution in [0.15, 0.2) is 59.6 Å². The number of benzene rings is 2. The van der Waals surface area contributed by atoms with Crippen LogP contribution in [-0.4, -0.2) is 28.9 Å². The van der Waals surface area contributed by atoms with Crippen molar-refractivity contribution in [3.8, 4) is 11.1 Å². The Hall–Kier alpha value is -3.56. The second-order valence-electron chi connectivity index (χ2n) is 9.58. The van der Waals surface area contributed by atoms with Crippen LogP contribution in [0.5, 0.6) is 0 Å². The number of unbranched alkanes of at least 4 members (excludes halogenated alkanes) is 2. The molecular weight excluding hydrogens is 498 g/mol. The van der Waals surface area contributed by atoms with Crippen molar-refractivity contribution in [2.45, 2.75) is 70.7 Å². The van der Waals surface area contributed by atoms with E-state index in [1.54, 1.807) is 24.4 Å². The molecule has 2 heterocycles. The maximum Gasteiger partial charge on any atom is 0.238 e. The highest BCUT2D eigenvalue weighted by molar-refractivity contribution is 7.89. The van der Waals surface area contributed by atoms with Gasteiger partial charge >= 0.3 is 0 Å². The van der Waals surface area contributed by atoms with Crippen molar-refractivity contribution in [2.24, 2.45) is 5.14 Å². The molecule has 0 saturated carbocycles. The molecule has 38 heavy (non-hydrogen) atoms. The number of nitrogens with two attached hydrogens (primary N) is 1. The molecule has 4 aromatic rings. The Labute approximate surface area is 224 Å². The van der Waals surface area contributed by atoms with E-state index in [4.69, 9.17) is 15.1 Å². The van der Waals surface area contributed by atoms with E-state index in [9.17, 15) is 13.2 Å². The lowest BCUT2D eigenvalue weighted by Crippen LogP contribution is -2.13. The average molecular weight is 534 g/mol. The van der Waals surface area contributed by atoms with Gasteiger partial charge in [0.2, 0.25) is 15.9 Å². The van der Waals surface area contributed by atoms with E-state index < -0.39 is 10.0 Å². The molecule has 0 unspecified atom stereocenters. The van der Waals surface area contributed by atoms with Gasteiger partial charge in [-0.15, -0.1) is 0 Å². The number of rotatable bonds is 11. The first kappa shape index (κ1) is 27.5. The van der Waals surface area contributed by atoms with Gasteiger partial charge in [0.15, 0.2) is 5.65 Å². The van der Waals surface area contributed by atoms with Gasteiger partial charge in [0.05, 0.1) is 23.3 Å². The van der Waals surface area contributed by atoms with Gasteiger partial charge in [-0.25, -0.2) is 23.5 Å². The third-order valence-corrected chi connectivity index (χ3v) is 7.65. The molecule has 9 heteroatoms. The van der Waals surface area contributed by atoms with Crippen LogP contribution in [0.25, 0.3) is 22.3 Å². The summed E-state index contributed by atoms with van der Waals surface area (Å²) in [6.07, 6.45) is 6.90. The van der Waals surface area contributed by atoms with E-state index in [0.29, 0.717) is 24.2 Å².